The summed E-state index contributed by atoms with van der Waals surface area (Å²) in [5.74, 6) is 1.71. The number of ether oxygens (including phenoxy) is 2. The van der Waals surface area contributed by atoms with E-state index in [1.54, 1.807) is 11.3 Å². The molecule has 0 aliphatic carbocycles. The summed E-state index contributed by atoms with van der Waals surface area (Å²) in [6.07, 6.45) is 0.998. The van der Waals surface area contributed by atoms with E-state index in [1.165, 1.54) is 10.4 Å². The quantitative estimate of drug-likeness (QED) is 0.349. The average Bonchev–Trinajstić information content (AvgIpc) is 3.18. The monoisotopic (exact) mass is 389 g/mol. The van der Waals surface area contributed by atoms with Gasteiger partial charge in [-0.05, 0) is 50.3 Å². The summed E-state index contributed by atoms with van der Waals surface area (Å²) in [4.78, 5) is 6.10. The average molecular weight is 390 g/mol. The number of guanidine groups is 1. The van der Waals surface area contributed by atoms with Gasteiger partial charge in [-0.3, -0.25) is 0 Å². The van der Waals surface area contributed by atoms with E-state index in [1.807, 2.05) is 6.92 Å². The second-order valence-electron chi connectivity index (χ2n) is 6.11. The minimum atomic E-state index is 0.549. The maximum Gasteiger partial charge on any atom is 0.191 e. The molecule has 0 unspecified atom stereocenters. The van der Waals surface area contributed by atoms with Crippen LogP contribution in [0.4, 0.5) is 0 Å². The summed E-state index contributed by atoms with van der Waals surface area (Å²) < 4.78 is 11.3. The molecule has 0 bridgehead atoms. The van der Waals surface area contributed by atoms with E-state index in [0.717, 1.165) is 36.8 Å². The number of nitrogens with zero attached hydrogens (tertiary/aromatic N) is 1. The van der Waals surface area contributed by atoms with E-state index in [4.69, 9.17) is 14.5 Å². The van der Waals surface area contributed by atoms with Gasteiger partial charge in [-0.25, -0.2) is 4.99 Å². The standard InChI is InChI=1S/C21H31N3O2S/c1-4-22-21(23-11-10-19-7-6-14-27-19)24-16-18-9-8-17(3)15-20(18)26-13-12-25-5-2/h6-9,14-15H,4-5,10-13,16H2,1-3H3,(H2,22,23,24). The maximum absolute atomic E-state index is 5.91. The molecule has 27 heavy (non-hydrogen) atoms. The lowest BCUT2D eigenvalue weighted by atomic mass is 10.1. The van der Waals surface area contributed by atoms with E-state index in [9.17, 15) is 0 Å². The summed E-state index contributed by atoms with van der Waals surface area (Å²) in [5.41, 5.74) is 2.25. The zero-order chi connectivity index (χ0) is 19.3. The molecule has 0 radical (unpaired) electrons. The number of aryl methyl sites for hydroxylation is 1. The molecule has 0 atom stereocenters. The van der Waals surface area contributed by atoms with Crippen LogP contribution in [0.2, 0.25) is 0 Å². The van der Waals surface area contributed by atoms with Crippen molar-refractivity contribution in [1.82, 2.24) is 10.6 Å². The molecule has 0 aliphatic rings. The molecule has 0 amide bonds. The molecule has 0 fully saturated rings. The lowest BCUT2D eigenvalue weighted by Crippen LogP contribution is -2.38. The van der Waals surface area contributed by atoms with Gasteiger partial charge in [-0.2, -0.15) is 0 Å². The molecule has 2 N–H and O–H groups in total. The van der Waals surface area contributed by atoms with Gasteiger partial charge < -0.3 is 20.1 Å². The lowest BCUT2D eigenvalue weighted by molar-refractivity contribution is 0.110. The zero-order valence-electron chi connectivity index (χ0n) is 16.6. The van der Waals surface area contributed by atoms with Crippen molar-refractivity contribution in [2.24, 2.45) is 4.99 Å². The molecule has 0 saturated carbocycles. The minimum Gasteiger partial charge on any atom is -0.491 e. The third kappa shape index (κ3) is 8.01. The first kappa shape index (κ1) is 21.3. The SMILES string of the molecule is CCNC(=NCc1ccc(C)cc1OCCOCC)NCCc1cccs1. The van der Waals surface area contributed by atoms with Crippen LogP contribution in [0.25, 0.3) is 0 Å². The Hall–Kier alpha value is -2.05. The third-order valence-electron chi connectivity index (χ3n) is 3.91. The molecule has 5 nitrogen and oxygen atoms in total. The number of aliphatic imine (C=N–C) groups is 1. The molecule has 0 spiro atoms. The van der Waals surface area contributed by atoms with Gasteiger partial charge in [0.25, 0.3) is 0 Å². The first-order valence-electron chi connectivity index (χ1n) is 9.57. The fraction of sp³-hybridized carbons (Fsp3) is 0.476. The van der Waals surface area contributed by atoms with Crippen LogP contribution in [0, 0.1) is 6.92 Å². The zero-order valence-corrected chi connectivity index (χ0v) is 17.4. The number of benzene rings is 1. The topological polar surface area (TPSA) is 54.9 Å². The van der Waals surface area contributed by atoms with Crippen LogP contribution in [0.3, 0.4) is 0 Å². The van der Waals surface area contributed by atoms with Crippen LogP contribution in [0.15, 0.2) is 40.7 Å². The summed E-state index contributed by atoms with van der Waals surface area (Å²) in [6.45, 7) is 10.2. The molecular weight excluding hydrogens is 358 g/mol. The van der Waals surface area contributed by atoms with Crippen molar-refractivity contribution in [2.45, 2.75) is 33.7 Å². The Balaban J connectivity index is 1.94. The summed E-state index contributed by atoms with van der Waals surface area (Å²) >= 11 is 1.79. The second kappa shape index (κ2) is 12.4. The van der Waals surface area contributed by atoms with Crippen molar-refractivity contribution in [3.05, 3.63) is 51.7 Å². The molecule has 2 rings (SSSR count). The van der Waals surface area contributed by atoms with Crippen molar-refractivity contribution < 1.29 is 9.47 Å². The number of thiophene rings is 1. The molecular formula is C21H31N3O2S. The number of nitrogens with one attached hydrogen (secondary N) is 2. The normalized spacial score (nSPS) is 11.4. The van der Waals surface area contributed by atoms with E-state index < -0.39 is 0 Å². The van der Waals surface area contributed by atoms with Crippen LogP contribution in [-0.2, 0) is 17.7 Å². The molecule has 1 aromatic carbocycles. The third-order valence-corrected chi connectivity index (χ3v) is 4.84. The lowest BCUT2D eigenvalue weighted by Gasteiger charge is -2.13. The van der Waals surface area contributed by atoms with E-state index in [0.29, 0.717) is 26.4 Å². The van der Waals surface area contributed by atoms with Gasteiger partial charge in [0, 0.05) is 30.1 Å². The van der Waals surface area contributed by atoms with Crippen LogP contribution >= 0.6 is 11.3 Å². The van der Waals surface area contributed by atoms with Crippen molar-refractivity contribution in [3.63, 3.8) is 0 Å². The summed E-state index contributed by atoms with van der Waals surface area (Å²) in [6, 6.07) is 10.5. The molecule has 6 heteroatoms. The first-order valence-corrected chi connectivity index (χ1v) is 10.5. The number of hydrogen-bond acceptors (Lipinski definition) is 4. The van der Waals surface area contributed by atoms with E-state index in [2.05, 4.69) is 60.2 Å². The van der Waals surface area contributed by atoms with E-state index in [-0.39, 0.29) is 0 Å². The van der Waals surface area contributed by atoms with Gasteiger partial charge in [0.05, 0.1) is 13.2 Å². The fourth-order valence-electron chi connectivity index (χ4n) is 2.55. The van der Waals surface area contributed by atoms with Gasteiger partial charge in [-0.1, -0.05) is 18.2 Å². The van der Waals surface area contributed by atoms with Crippen LogP contribution in [-0.4, -0.2) is 38.9 Å². The Morgan fingerprint density at radius 1 is 1.15 bits per heavy atom. The van der Waals surface area contributed by atoms with Crippen molar-refractivity contribution in [1.29, 1.82) is 0 Å². The predicted molar refractivity (Wildman–Crippen MR) is 114 cm³/mol. The van der Waals surface area contributed by atoms with Crippen LogP contribution in [0.5, 0.6) is 5.75 Å². The first-order chi connectivity index (χ1) is 13.2. The molecule has 148 valence electrons. The molecule has 0 aliphatic heterocycles. The smallest absolute Gasteiger partial charge is 0.191 e. The predicted octanol–water partition coefficient (Wildman–Crippen LogP) is 3.77. The summed E-state index contributed by atoms with van der Waals surface area (Å²) in [5, 5.41) is 8.82. The fourth-order valence-corrected chi connectivity index (χ4v) is 3.26. The molecule has 0 saturated heterocycles. The van der Waals surface area contributed by atoms with E-state index >= 15 is 0 Å². The Morgan fingerprint density at radius 3 is 2.78 bits per heavy atom. The largest absolute Gasteiger partial charge is 0.491 e. The highest BCUT2D eigenvalue weighted by Crippen LogP contribution is 2.21. The maximum atomic E-state index is 5.91. The van der Waals surface area contributed by atoms with Crippen molar-refractivity contribution in [2.75, 3.05) is 32.9 Å². The van der Waals surface area contributed by atoms with Gasteiger partial charge >= 0.3 is 0 Å². The van der Waals surface area contributed by atoms with Crippen molar-refractivity contribution in [3.8, 4) is 5.75 Å². The van der Waals surface area contributed by atoms with Crippen LogP contribution in [0.1, 0.15) is 29.9 Å². The Labute approximate surface area is 166 Å². The Kier molecular flexibility index (Phi) is 9.73. The number of rotatable bonds is 11. The van der Waals surface area contributed by atoms with Crippen molar-refractivity contribution >= 4 is 17.3 Å². The van der Waals surface area contributed by atoms with Gasteiger partial charge in [0.2, 0.25) is 0 Å². The highest BCUT2D eigenvalue weighted by Gasteiger charge is 2.05. The summed E-state index contributed by atoms with van der Waals surface area (Å²) in [7, 11) is 0. The second-order valence-corrected chi connectivity index (χ2v) is 7.14. The van der Waals surface area contributed by atoms with Gasteiger partial charge in [-0.15, -0.1) is 11.3 Å². The highest BCUT2D eigenvalue weighted by molar-refractivity contribution is 7.09. The van der Waals surface area contributed by atoms with Crippen LogP contribution < -0.4 is 15.4 Å². The highest BCUT2D eigenvalue weighted by atomic mass is 32.1. The molecule has 2 aromatic rings. The molecule has 1 aromatic heterocycles. The van der Waals surface area contributed by atoms with Gasteiger partial charge in [0.15, 0.2) is 5.96 Å². The number of hydrogen-bond donors (Lipinski definition) is 2. The Morgan fingerprint density at radius 2 is 2.04 bits per heavy atom. The Bertz CT molecular complexity index is 687. The van der Waals surface area contributed by atoms with Gasteiger partial charge in [0.1, 0.15) is 12.4 Å². The molecule has 1 heterocycles. The minimum absolute atomic E-state index is 0.549.